The first-order chi connectivity index (χ1) is 8.42. The van der Waals surface area contributed by atoms with Gasteiger partial charge in [0.15, 0.2) is 0 Å². The van der Waals surface area contributed by atoms with E-state index in [-0.39, 0.29) is 0 Å². The van der Waals surface area contributed by atoms with Gasteiger partial charge < -0.3 is 0 Å². The quantitative estimate of drug-likeness (QED) is 0.607. The third kappa shape index (κ3) is 2.34. The fraction of sp³-hybridized carbons (Fsp3) is 0. The molecule has 0 aliphatic heterocycles. The molecule has 2 aliphatic carbocycles. The molecule has 3 rings (SSSR count). The van der Waals surface area contributed by atoms with Gasteiger partial charge >= 0.3 is 0 Å². The summed E-state index contributed by atoms with van der Waals surface area (Å²) in [5.74, 6) is 0. The van der Waals surface area contributed by atoms with Crippen LogP contribution in [0.5, 0.6) is 0 Å². The zero-order valence-corrected chi connectivity index (χ0v) is 10.2. The molecule has 0 spiro atoms. The smallest absolute Gasteiger partial charge is 0.0134 e. The Kier molecular flexibility index (Phi) is 2.85. The molecule has 82 valence electrons. The Morgan fingerprint density at radius 2 is 1.06 bits per heavy atom. The van der Waals surface area contributed by atoms with E-state index in [9.17, 15) is 0 Å². The number of fused-ring (bicyclic) bond motifs is 1. The van der Waals surface area contributed by atoms with E-state index in [2.05, 4.69) is 66.7 Å². The Morgan fingerprint density at radius 3 is 1.65 bits per heavy atom. The third-order valence-corrected chi connectivity index (χ3v) is 3.66. The van der Waals surface area contributed by atoms with Gasteiger partial charge in [0.05, 0.1) is 0 Å². The zero-order valence-electron chi connectivity index (χ0n) is 9.34. The number of benzene rings is 1. The van der Waals surface area contributed by atoms with E-state index in [0.717, 1.165) is 0 Å². The van der Waals surface area contributed by atoms with Crippen LogP contribution in [0.2, 0.25) is 0 Å². The molecule has 0 saturated heterocycles. The summed E-state index contributed by atoms with van der Waals surface area (Å²) in [7, 11) is 0. The van der Waals surface area contributed by atoms with Crippen molar-refractivity contribution in [1.82, 2.24) is 0 Å². The predicted molar refractivity (Wildman–Crippen MR) is 73.6 cm³/mol. The summed E-state index contributed by atoms with van der Waals surface area (Å²) >= 11 is 1.81. The highest BCUT2D eigenvalue weighted by Gasteiger charge is 2.05. The highest BCUT2D eigenvalue weighted by molar-refractivity contribution is 7.99. The van der Waals surface area contributed by atoms with Crippen LogP contribution in [0.25, 0.3) is 11.1 Å². The molecule has 0 unspecified atom stereocenters. The average Bonchev–Trinajstić information content (AvgIpc) is 2.60. The first-order valence-electron chi connectivity index (χ1n) is 5.63. The number of rotatable bonds is 2. The van der Waals surface area contributed by atoms with Crippen LogP contribution in [-0.2, 0) is 0 Å². The lowest BCUT2D eigenvalue weighted by molar-refractivity contribution is 1.44. The topological polar surface area (TPSA) is 0 Å². The summed E-state index contributed by atoms with van der Waals surface area (Å²) < 4.78 is 0. The highest BCUT2D eigenvalue weighted by atomic mass is 32.2. The molecular formula is C16H12S. The van der Waals surface area contributed by atoms with Crippen LogP contribution in [0.4, 0.5) is 0 Å². The van der Waals surface area contributed by atoms with Crippen molar-refractivity contribution >= 4 is 11.8 Å². The Morgan fingerprint density at radius 1 is 0.529 bits per heavy atom. The second-order valence-electron chi connectivity index (χ2n) is 3.93. The SMILES string of the molecule is c1ccc(Sc2cc3cccccc-3c2)cc1. The molecule has 0 nitrogen and oxygen atoms in total. The van der Waals surface area contributed by atoms with Gasteiger partial charge in [-0.05, 0) is 35.4 Å². The maximum atomic E-state index is 2.24. The molecule has 0 saturated carbocycles. The Labute approximate surface area is 106 Å². The minimum absolute atomic E-state index is 1.28. The van der Waals surface area contributed by atoms with Crippen LogP contribution in [0, 0.1) is 0 Å². The van der Waals surface area contributed by atoms with Crippen molar-refractivity contribution < 1.29 is 0 Å². The van der Waals surface area contributed by atoms with Crippen LogP contribution in [0.3, 0.4) is 0 Å². The minimum Gasteiger partial charge on any atom is -0.0901 e. The zero-order chi connectivity index (χ0) is 11.5. The fourth-order valence-electron chi connectivity index (χ4n) is 1.87. The Balaban J connectivity index is 1.95. The first-order valence-corrected chi connectivity index (χ1v) is 6.45. The molecule has 0 radical (unpaired) electrons. The van der Waals surface area contributed by atoms with Crippen molar-refractivity contribution in [3.05, 3.63) is 72.8 Å². The summed E-state index contributed by atoms with van der Waals surface area (Å²) in [6.07, 6.45) is 0. The molecule has 1 aromatic carbocycles. The molecule has 0 fully saturated rings. The summed E-state index contributed by atoms with van der Waals surface area (Å²) in [5.41, 5.74) is 2.60. The van der Waals surface area contributed by atoms with Crippen molar-refractivity contribution in [2.75, 3.05) is 0 Å². The van der Waals surface area contributed by atoms with E-state index < -0.39 is 0 Å². The number of hydrogen-bond acceptors (Lipinski definition) is 1. The van der Waals surface area contributed by atoms with Crippen LogP contribution in [0.1, 0.15) is 0 Å². The summed E-state index contributed by atoms with van der Waals surface area (Å²) in [4.78, 5) is 2.59. The second kappa shape index (κ2) is 4.64. The van der Waals surface area contributed by atoms with E-state index >= 15 is 0 Å². The fourth-order valence-corrected chi connectivity index (χ4v) is 2.81. The Hall–Kier alpha value is -1.73. The van der Waals surface area contributed by atoms with Crippen molar-refractivity contribution in [3.8, 4) is 11.1 Å². The van der Waals surface area contributed by atoms with Gasteiger partial charge in [-0.1, -0.05) is 60.3 Å². The molecule has 1 heteroatoms. The highest BCUT2D eigenvalue weighted by Crippen LogP contribution is 2.34. The van der Waals surface area contributed by atoms with Gasteiger partial charge in [0.25, 0.3) is 0 Å². The van der Waals surface area contributed by atoms with Gasteiger partial charge in [-0.3, -0.25) is 0 Å². The van der Waals surface area contributed by atoms with Crippen LogP contribution >= 0.6 is 11.8 Å². The number of hydrogen-bond donors (Lipinski definition) is 0. The predicted octanol–water partition coefficient (Wildman–Crippen LogP) is 4.94. The maximum absolute atomic E-state index is 2.24. The average molecular weight is 236 g/mol. The van der Waals surface area contributed by atoms with Crippen LogP contribution in [-0.4, -0.2) is 0 Å². The van der Waals surface area contributed by atoms with Crippen molar-refractivity contribution in [2.45, 2.75) is 9.79 Å². The monoisotopic (exact) mass is 236 g/mol. The molecule has 0 N–H and O–H groups in total. The third-order valence-electron chi connectivity index (χ3n) is 2.68. The van der Waals surface area contributed by atoms with Gasteiger partial charge in [-0.15, -0.1) is 0 Å². The van der Waals surface area contributed by atoms with E-state index in [1.54, 1.807) is 0 Å². The summed E-state index contributed by atoms with van der Waals surface area (Å²) in [6.45, 7) is 0. The molecule has 17 heavy (non-hydrogen) atoms. The lowest BCUT2D eigenvalue weighted by Crippen LogP contribution is -1.67. The lowest BCUT2D eigenvalue weighted by atomic mass is 10.2. The summed E-state index contributed by atoms with van der Waals surface area (Å²) in [6, 6.07) is 25.5. The van der Waals surface area contributed by atoms with Gasteiger partial charge in [-0.2, -0.15) is 0 Å². The molecule has 0 bridgehead atoms. The van der Waals surface area contributed by atoms with E-state index in [4.69, 9.17) is 0 Å². The van der Waals surface area contributed by atoms with E-state index in [1.165, 1.54) is 20.9 Å². The minimum atomic E-state index is 1.28. The molecule has 0 aromatic heterocycles. The first kappa shape index (κ1) is 10.4. The molecule has 0 amide bonds. The molecule has 0 heterocycles. The molecule has 1 aromatic rings. The largest absolute Gasteiger partial charge is 0.0901 e. The van der Waals surface area contributed by atoms with Crippen LogP contribution < -0.4 is 0 Å². The Bertz CT molecular complexity index is 556. The normalized spacial score (nSPS) is 10.6. The lowest BCUT2D eigenvalue weighted by Gasteiger charge is -1.96. The molecule has 0 atom stereocenters. The van der Waals surface area contributed by atoms with Crippen molar-refractivity contribution in [3.63, 3.8) is 0 Å². The van der Waals surface area contributed by atoms with Gasteiger partial charge in [0, 0.05) is 9.79 Å². The maximum Gasteiger partial charge on any atom is 0.0134 e. The summed E-state index contributed by atoms with van der Waals surface area (Å²) in [5, 5.41) is 0. The molecular weight excluding hydrogens is 224 g/mol. The van der Waals surface area contributed by atoms with Crippen LogP contribution in [0.15, 0.2) is 82.6 Å². The van der Waals surface area contributed by atoms with Gasteiger partial charge in [0.2, 0.25) is 0 Å². The van der Waals surface area contributed by atoms with E-state index in [1.807, 2.05) is 17.8 Å². The van der Waals surface area contributed by atoms with Gasteiger partial charge in [0.1, 0.15) is 0 Å². The standard InChI is InChI=1S/C16H12S/c1-3-7-13-11-16(12-14(13)8-4-1)17-15-9-5-2-6-10-15/h1-12H. The van der Waals surface area contributed by atoms with Gasteiger partial charge in [-0.25, -0.2) is 0 Å². The second-order valence-corrected chi connectivity index (χ2v) is 5.07. The van der Waals surface area contributed by atoms with Crippen molar-refractivity contribution in [2.24, 2.45) is 0 Å². The molecule has 2 aliphatic rings. The van der Waals surface area contributed by atoms with Crippen molar-refractivity contribution in [1.29, 1.82) is 0 Å². The van der Waals surface area contributed by atoms with E-state index in [0.29, 0.717) is 0 Å².